The number of rotatable bonds is 1. The third-order valence-electron chi connectivity index (χ3n) is 2.84. The van der Waals surface area contributed by atoms with E-state index in [2.05, 4.69) is 15.0 Å². The minimum absolute atomic E-state index is 0.261. The van der Waals surface area contributed by atoms with E-state index < -0.39 is 6.04 Å². The Bertz CT molecular complexity index is 518. The molecule has 0 spiro atoms. The average molecular weight is 255 g/mol. The van der Waals surface area contributed by atoms with Gasteiger partial charge in [0, 0.05) is 18.5 Å². The van der Waals surface area contributed by atoms with Gasteiger partial charge in [0.15, 0.2) is 11.0 Å². The van der Waals surface area contributed by atoms with E-state index in [1.54, 1.807) is 7.05 Å². The first kappa shape index (κ1) is 11.8. The van der Waals surface area contributed by atoms with Gasteiger partial charge in [-0.15, -0.1) is 0 Å². The zero-order valence-corrected chi connectivity index (χ0v) is 10.2. The van der Waals surface area contributed by atoms with Crippen molar-refractivity contribution in [2.45, 2.75) is 25.9 Å². The number of likely N-dealkylation sites (N-methyl/N-ethyl adjacent to an activating group) is 1. The molecule has 0 saturated carbocycles. The summed E-state index contributed by atoms with van der Waals surface area (Å²) >= 11 is 5.99. The van der Waals surface area contributed by atoms with Crippen molar-refractivity contribution < 1.29 is 4.79 Å². The van der Waals surface area contributed by atoms with Crippen molar-refractivity contribution in [1.82, 2.24) is 9.55 Å². The number of fused-ring (bicyclic) bond motifs is 1. The smallest absolute Gasteiger partial charge is 0.236 e. The Hall–Kier alpha value is -1.72. The molecule has 1 atom stereocenters. The molecule has 1 unspecified atom stereocenters. The topological polar surface area (TPSA) is 86.9 Å². The molecule has 0 fully saturated rings. The summed E-state index contributed by atoms with van der Waals surface area (Å²) in [4.78, 5) is 20.2. The number of aryl methyl sites for hydroxylation is 1. The second kappa shape index (κ2) is 4.27. The van der Waals surface area contributed by atoms with Crippen LogP contribution in [0.2, 0.25) is 5.15 Å². The minimum atomic E-state index is -0.680. The van der Waals surface area contributed by atoms with Crippen LogP contribution in [0.1, 0.15) is 12.2 Å². The lowest BCUT2D eigenvalue weighted by molar-refractivity contribution is -0.119. The van der Waals surface area contributed by atoms with Crippen molar-refractivity contribution in [2.75, 3.05) is 11.9 Å². The molecule has 7 nitrogen and oxygen atoms in total. The zero-order valence-electron chi connectivity index (χ0n) is 9.46. The molecule has 8 heteroatoms. The van der Waals surface area contributed by atoms with Crippen LogP contribution in [0.4, 0.5) is 5.82 Å². The van der Waals surface area contributed by atoms with Crippen LogP contribution >= 0.6 is 11.6 Å². The first-order chi connectivity index (χ1) is 8.06. The van der Waals surface area contributed by atoms with Gasteiger partial charge < -0.3 is 4.57 Å². The molecule has 1 aromatic heterocycles. The SMILES string of the molecule is Cc1nc(Cl)c2n1CCC(N=[N+]=[N-])C(=O)N2C. The molecule has 2 rings (SSSR count). The van der Waals surface area contributed by atoms with Gasteiger partial charge in [0.25, 0.3) is 0 Å². The Morgan fingerprint density at radius 2 is 2.35 bits per heavy atom. The number of hydrogen-bond acceptors (Lipinski definition) is 3. The Kier molecular flexibility index (Phi) is 2.95. The summed E-state index contributed by atoms with van der Waals surface area (Å²) in [7, 11) is 1.60. The monoisotopic (exact) mass is 254 g/mol. The maximum absolute atomic E-state index is 12.0. The van der Waals surface area contributed by atoms with Gasteiger partial charge in [-0.25, -0.2) is 4.98 Å². The van der Waals surface area contributed by atoms with Gasteiger partial charge in [-0.05, 0) is 18.9 Å². The van der Waals surface area contributed by atoms with E-state index in [0.29, 0.717) is 23.9 Å². The number of hydrogen-bond donors (Lipinski definition) is 0. The van der Waals surface area contributed by atoms with E-state index in [1.165, 1.54) is 4.90 Å². The summed E-state index contributed by atoms with van der Waals surface area (Å²) in [6.07, 6.45) is 0.452. The highest BCUT2D eigenvalue weighted by molar-refractivity contribution is 6.32. The molecule has 90 valence electrons. The van der Waals surface area contributed by atoms with E-state index >= 15 is 0 Å². The van der Waals surface area contributed by atoms with Crippen molar-refractivity contribution in [3.8, 4) is 0 Å². The minimum Gasteiger partial charge on any atom is -0.313 e. The molecule has 17 heavy (non-hydrogen) atoms. The molecule has 0 bridgehead atoms. The second-order valence-corrected chi connectivity index (χ2v) is 4.19. The Morgan fingerprint density at radius 1 is 1.65 bits per heavy atom. The number of amides is 1. The highest BCUT2D eigenvalue weighted by atomic mass is 35.5. The third-order valence-corrected chi connectivity index (χ3v) is 3.09. The van der Waals surface area contributed by atoms with E-state index in [1.807, 2.05) is 11.5 Å². The van der Waals surface area contributed by atoms with Crippen molar-refractivity contribution in [3.05, 3.63) is 21.4 Å². The van der Waals surface area contributed by atoms with Gasteiger partial charge in [0.1, 0.15) is 11.9 Å². The summed E-state index contributed by atoms with van der Waals surface area (Å²) in [5, 5.41) is 3.80. The number of anilines is 1. The van der Waals surface area contributed by atoms with Crippen LogP contribution in [-0.2, 0) is 11.3 Å². The summed E-state index contributed by atoms with van der Waals surface area (Å²) in [6, 6.07) is -0.680. The Labute approximate surface area is 103 Å². The van der Waals surface area contributed by atoms with Crippen LogP contribution in [0.15, 0.2) is 5.11 Å². The maximum atomic E-state index is 12.0. The van der Waals surface area contributed by atoms with E-state index in [0.717, 1.165) is 5.82 Å². The van der Waals surface area contributed by atoms with Gasteiger partial charge in [-0.2, -0.15) is 0 Å². The lowest BCUT2D eigenvalue weighted by Crippen LogP contribution is -2.34. The lowest BCUT2D eigenvalue weighted by Gasteiger charge is -2.17. The average Bonchev–Trinajstić information content (AvgIpc) is 2.50. The number of halogens is 1. The second-order valence-electron chi connectivity index (χ2n) is 3.83. The number of nitrogens with zero attached hydrogens (tertiary/aromatic N) is 6. The van der Waals surface area contributed by atoms with E-state index in [-0.39, 0.29) is 5.91 Å². The van der Waals surface area contributed by atoms with Crippen LogP contribution in [0.5, 0.6) is 0 Å². The first-order valence-corrected chi connectivity index (χ1v) is 5.48. The molecule has 0 N–H and O–H groups in total. The van der Waals surface area contributed by atoms with Crippen molar-refractivity contribution in [1.29, 1.82) is 0 Å². The summed E-state index contributed by atoms with van der Waals surface area (Å²) in [5.41, 5.74) is 8.43. The van der Waals surface area contributed by atoms with Gasteiger partial charge in [0.05, 0.1) is 0 Å². The molecule has 1 aliphatic rings. The number of imidazole rings is 1. The summed E-state index contributed by atoms with van der Waals surface area (Å²) in [6.45, 7) is 2.38. The molecule has 0 radical (unpaired) electrons. The predicted octanol–water partition coefficient (Wildman–Crippen LogP) is 1.89. The van der Waals surface area contributed by atoms with E-state index in [9.17, 15) is 4.79 Å². The third kappa shape index (κ3) is 1.83. The van der Waals surface area contributed by atoms with E-state index in [4.69, 9.17) is 17.1 Å². The molecule has 2 heterocycles. The van der Waals surface area contributed by atoms with Gasteiger partial charge in [-0.1, -0.05) is 16.7 Å². The standard InChI is InChI=1S/C9H11ClN6O/c1-5-12-7(10)8-15(2)9(17)6(13-14-11)3-4-16(5)8/h6H,3-4H2,1-2H3. The van der Waals surface area contributed by atoms with Crippen LogP contribution in [0, 0.1) is 6.92 Å². The largest absolute Gasteiger partial charge is 0.313 e. The van der Waals surface area contributed by atoms with Crippen LogP contribution in [-0.4, -0.2) is 28.5 Å². The Morgan fingerprint density at radius 3 is 3.00 bits per heavy atom. The highest BCUT2D eigenvalue weighted by Crippen LogP contribution is 2.30. The highest BCUT2D eigenvalue weighted by Gasteiger charge is 2.30. The van der Waals surface area contributed by atoms with Crippen molar-refractivity contribution in [2.24, 2.45) is 5.11 Å². The van der Waals surface area contributed by atoms with Crippen LogP contribution in [0.3, 0.4) is 0 Å². The normalized spacial score (nSPS) is 19.6. The molecule has 0 aromatic carbocycles. The maximum Gasteiger partial charge on any atom is 0.236 e. The molecule has 0 saturated heterocycles. The Balaban J connectivity index is 2.48. The van der Waals surface area contributed by atoms with Gasteiger partial charge in [-0.3, -0.25) is 9.69 Å². The fourth-order valence-corrected chi connectivity index (χ4v) is 2.33. The molecule has 0 aliphatic carbocycles. The fourth-order valence-electron chi connectivity index (χ4n) is 1.98. The molecule has 1 aromatic rings. The molecule has 1 aliphatic heterocycles. The van der Waals surface area contributed by atoms with Gasteiger partial charge in [0.2, 0.25) is 5.91 Å². The summed E-state index contributed by atoms with van der Waals surface area (Å²) < 4.78 is 1.85. The molecule has 1 amide bonds. The number of carbonyl (C=O) groups is 1. The fraction of sp³-hybridized carbons (Fsp3) is 0.556. The molecular weight excluding hydrogens is 244 g/mol. The first-order valence-electron chi connectivity index (χ1n) is 5.10. The zero-order chi connectivity index (χ0) is 12.6. The summed E-state index contributed by atoms with van der Waals surface area (Å²) in [5.74, 6) is 1.04. The number of azide groups is 1. The predicted molar refractivity (Wildman–Crippen MR) is 62.9 cm³/mol. The van der Waals surface area contributed by atoms with Crippen LogP contribution in [0.25, 0.3) is 10.4 Å². The number of carbonyl (C=O) groups excluding carboxylic acids is 1. The van der Waals surface area contributed by atoms with Crippen molar-refractivity contribution in [3.63, 3.8) is 0 Å². The quantitative estimate of drug-likeness (QED) is 0.435. The van der Waals surface area contributed by atoms with Crippen LogP contribution < -0.4 is 4.90 Å². The molecular formula is C9H11ClN6O. The van der Waals surface area contributed by atoms with Crippen molar-refractivity contribution >= 4 is 23.3 Å². The lowest BCUT2D eigenvalue weighted by atomic mass is 10.2. The van der Waals surface area contributed by atoms with Gasteiger partial charge >= 0.3 is 0 Å². The number of aromatic nitrogens is 2.